The van der Waals surface area contributed by atoms with E-state index in [0.717, 1.165) is 0 Å². The van der Waals surface area contributed by atoms with E-state index in [0.29, 0.717) is 27.7 Å². The van der Waals surface area contributed by atoms with Crippen LogP contribution in [0.2, 0.25) is 5.02 Å². The van der Waals surface area contributed by atoms with Crippen LogP contribution in [0.3, 0.4) is 0 Å². The Labute approximate surface area is 109 Å². The van der Waals surface area contributed by atoms with Gasteiger partial charge in [0.1, 0.15) is 0 Å². The molecule has 92 valence electrons. The normalized spacial score (nSPS) is 10.1. The van der Waals surface area contributed by atoms with E-state index in [-0.39, 0.29) is 5.78 Å². The maximum absolute atomic E-state index is 12.3. The van der Waals surface area contributed by atoms with Crippen LogP contribution in [-0.4, -0.2) is 17.9 Å². The fraction of sp³-hybridized carbons (Fsp3) is 0.0769. The van der Waals surface area contributed by atoms with Crippen molar-refractivity contribution in [2.24, 2.45) is 0 Å². The summed E-state index contributed by atoms with van der Waals surface area (Å²) in [6, 6.07) is 7.95. The molecule has 0 saturated carbocycles. The number of aromatic nitrogens is 1. The lowest BCUT2D eigenvalue weighted by atomic mass is 10.0. The number of carbonyl (C=O) groups excluding carboxylic acids is 1. The third-order valence-electron chi connectivity index (χ3n) is 2.47. The van der Waals surface area contributed by atoms with Gasteiger partial charge in [0.2, 0.25) is 5.88 Å². The van der Waals surface area contributed by atoms with Crippen LogP contribution < -0.4 is 10.5 Å². The van der Waals surface area contributed by atoms with Crippen LogP contribution in [0.4, 0.5) is 5.69 Å². The molecule has 5 heteroatoms. The molecule has 2 rings (SSSR count). The number of ether oxygens (including phenoxy) is 1. The number of anilines is 1. The summed E-state index contributed by atoms with van der Waals surface area (Å²) in [6.07, 6.45) is 1.51. The second-order valence-corrected chi connectivity index (χ2v) is 4.08. The van der Waals surface area contributed by atoms with Crippen LogP contribution in [0.5, 0.6) is 5.88 Å². The summed E-state index contributed by atoms with van der Waals surface area (Å²) < 4.78 is 4.97. The second-order valence-electron chi connectivity index (χ2n) is 3.65. The molecule has 18 heavy (non-hydrogen) atoms. The fourth-order valence-corrected chi connectivity index (χ4v) is 1.72. The zero-order valence-electron chi connectivity index (χ0n) is 9.68. The summed E-state index contributed by atoms with van der Waals surface area (Å²) >= 11 is 5.86. The van der Waals surface area contributed by atoms with Crippen molar-refractivity contribution >= 4 is 23.1 Å². The smallest absolute Gasteiger partial charge is 0.213 e. The van der Waals surface area contributed by atoms with Crippen molar-refractivity contribution in [3.63, 3.8) is 0 Å². The van der Waals surface area contributed by atoms with Crippen molar-refractivity contribution < 1.29 is 9.53 Å². The molecular formula is C13H11ClN2O2. The number of rotatable bonds is 3. The van der Waals surface area contributed by atoms with Crippen molar-refractivity contribution in [3.05, 3.63) is 52.7 Å². The summed E-state index contributed by atoms with van der Waals surface area (Å²) in [5.41, 5.74) is 6.99. The molecule has 0 fully saturated rings. The van der Waals surface area contributed by atoms with E-state index in [4.69, 9.17) is 22.1 Å². The van der Waals surface area contributed by atoms with Crippen molar-refractivity contribution in [2.75, 3.05) is 12.8 Å². The number of hydrogen-bond acceptors (Lipinski definition) is 4. The summed E-state index contributed by atoms with van der Waals surface area (Å²) in [7, 11) is 1.49. The first-order valence-electron chi connectivity index (χ1n) is 5.21. The highest BCUT2D eigenvalue weighted by atomic mass is 35.5. The largest absolute Gasteiger partial charge is 0.481 e. The SMILES string of the molecule is COc1cc(C(=O)c2cc(Cl)ccc2N)ccn1. The van der Waals surface area contributed by atoms with E-state index >= 15 is 0 Å². The van der Waals surface area contributed by atoms with E-state index in [9.17, 15) is 4.79 Å². The lowest BCUT2D eigenvalue weighted by Crippen LogP contribution is -2.06. The van der Waals surface area contributed by atoms with Gasteiger partial charge >= 0.3 is 0 Å². The Morgan fingerprint density at radius 3 is 2.83 bits per heavy atom. The molecule has 1 aromatic heterocycles. The number of benzene rings is 1. The van der Waals surface area contributed by atoms with E-state index < -0.39 is 0 Å². The molecule has 2 aromatic rings. The molecule has 0 spiro atoms. The maximum atomic E-state index is 12.3. The molecule has 0 aliphatic heterocycles. The van der Waals surface area contributed by atoms with Gasteiger partial charge in [0.15, 0.2) is 5.78 Å². The maximum Gasteiger partial charge on any atom is 0.213 e. The second kappa shape index (κ2) is 5.06. The van der Waals surface area contributed by atoms with Gasteiger partial charge in [-0.2, -0.15) is 0 Å². The highest BCUT2D eigenvalue weighted by Crippen LogP contribution is 2.22. The number of methoxy groups -OCH3 is 1. The van der Waals surface area contributed by atoms with E-state index in [1.54, 1.807) is 30.3 Å². The number of carbonyl (C=O) groups is 1. The van der Waals surface area contributed by atoms with Gasteiger partial charge in [0.05, 0.1) is 7.11 Å². The minimum absolute atomic E-state index is 0.212. The van der Waals surface area contributed by atoms with Crippen molar-refractivity contribution in [1.82, 2.24) is 4.98 Å². The Kier molecular flexibility index (Phi) is 3.48. The van der Waals surface area contributed by atoms with Crippen LogP contribution in [0.15, 0.2) is 36.5 Å². The lowest BCUT2D eigenvalue weighted by Gasteiger charge is -2.06. The molecule has 0 saturated heterocycles. The van der Waals surface area contributed by atoms with Gasteiger partial charge in [-0.05, 0) is 24.3 Å². The molecule has 1 aromatic carbocycles. The summed E-state index contributed by atoms with van der Waals surface area (Å²) in [5.74, 6) is 0.164. The molecule has 0 radical (unpaired) electrons. The number of nitrogen functional groups attached to an aromatic ring is 1. The lowest BCUT2D eigenvalue weighted by molar-refractivity contribution is 0.103. The zero-order valence-corrected chi connectivity index (χ0v) is 10.4. The Morgan fingerprint density at radius 2 is 2.11 bits per heavy atom. The van der Waals surface area contributed by atoms with Crippen molar-refractivity contribution in [1.29, 1.82) is 0 Å². The first-order chi connectivity index (χ1) is 8.61. The summed E-state index contributed by atoms with van der Waals surface area (Å²) in [5, 5.41) is 0.466. The number of nitrogens with two attached hydrogens (primary N) is 1. The third-order valence-corrected chi connectivity index (χ3v) is 2.70. The molecule has 0 unspecified atom stereocenters. The average molecular weight is 263 g/mol. The van der Waals surface area contributed by atoms with Crippen LogP contribution in [-0.2, 0) is 0 Å². The topological polar surface area (TPSA) is 65.2 Å². The van der Waals surface area contributed by atoms with Gasteiger partial charge in [0.25, 0.3) is 0 Å². The van der Waals surface area contributed by atoms with Crippen LogP contribution in [0.25, 0.3) is 0 Å². The highest BCUT2D eigenvalue weighted by molar-refractivity contribution is 6.31. The predicted octanol–water partition coefficient (Wildman–Crippen LogP) is 2.56. The van der Waals surface area contributed by atoms with Gasteiger partial charge in [-0.1, -0.05) is 11.6 Å². The monoisotopic (exact) mass is 262 g/mol. The molecule has 0 bridgehead atoms. The van der Waals surface area contributed by atoms with E-state index in [1.165, 1.54) is 13.3 Å². The molecular weight excluding hydrogens is 252 g/mol. The predicted molar refractivity (Wildman–Crippen MR) is 70.1 cm³/mol. The average Bonchev–Trinajstić information content (AvgIpc) is 2.41. The van der Waals surface area contributed by atoms with Crippen LogP contribution in [0.1, 0.15) is 15.9 Å². The molecule has 4 nitrogen and oxygen atoms in total. The van der Waals surface area contributed by atoms with Gasteiger partial charge < -0.3 is 10.5 Å². The zero-order chi connectivity index (χ0) is 13.1. The van der Waals surface area contributed by atoms with Gasteiger partial charge in [0, 0.05) is 34.1 Å². The minimum atomic E-state index is -0.212. The molecule has 0 atom stereocenters. The molecule has 0 amide bonds. The van der Waals surface area contributed by atoms with Crippen LogP contribution >= 0.6 is 11.6 Å². The van der Waals surface area contributed by atoms with E-state index in [2.05, 4.69) is 4.98 Å². The number of ketones is 1. The quantitative estimate of drug-likeness (QED) is 0.682. The van der Waals surface area contributed by atoms with Crippen molar-refractivity contribution in [2.45, 2.75) is 0 Å². The Bertz CT molecular complexity index is 599. The van der Waals surface area contributed by atoms with Gasteiger partial charge in [-0.3, -0.25) is 4.79 Å². The van der Waals surface area contributed by atoms with Gasteiger partial charge in [-0.25, -0.2) is 4.98 Å². The summed E-state index contributed by atoms with van der Waals surface area (Å²) in [4.78, 5) is 16.2. The molecule has 2 N–H and O–H groups in total. The Morgan fingerprint density at radius 1 is 1.33 bits per heavy atom. The molecule has 1 heterocycles. The summed E-state index contributed by atoms with van der Waals surface area (Å²) in [6.45, 7) is 0. The highest BCUT2D eigenvalue weighted by Gasteiger charge is 2.13. The fourth-order valence-electron chi connectivity index (χ4n) is 1.54. The standard InChI is InChI=1S/C13H11ClN2O2/c1-18-12-6-8(4-5-16-12)13(17)10-7-9(14)2-3-11(10)15/h2-7H,15H2,1H3. The first kappa shape index (κ1) is 12.4. The first-order valence-corrected chi connectivity index (χ1v) is 5.59. The minimum Gasteiger partial charge on any atom is -0.481 e. The number of hydrogen-bond donors (Lipinski definition) is 1. The number of pyridine rings is 1. The van der Waals surface area contributed by atoms with Crippen LogP contribution in [0, 0.1) is 0 Å². The Balaban J connectivity index is 2.44. The third kappa shape index (κ3) is 2.43. The number of halogens is 1. The van der Waals surface area contributed by atoms with E-state index in [1.807, 2.05) is 0 Å². The Hall–Kier alpha value is -2.07. The molecule has 0 aliphatic rings. The number of nitrogens with zero attached hydrogens (tertiary/aromatic N) is 1. The molecule has 0 aliphatic carbocycles. The van der Waals surface area contributed by atoms with Gasteiger partial charge in [-0.15, -0.1) is 0 Å². The van der Waals surface area contributed by atoms with Crippen molar-refractivity contribution in [3.8, 4) is 5.88 Å².